The van der Waals surface area contributed by atoms with Crippen LogP contribution in [-0.4, -0.2) is 19.0 Å². The molecule has 0 aliphatic carbocycles. The number of nitrogens with zero attached hydrogens (tertiary/aromatic N) is 1. The lowest BCUT2D eigenvalue weighted by molar-refractivity contribution is 0.0604. The zero-order valence-corrected chi connectivity index (χ0v) is 13.5. The van der Waals surface area contributed by atoms with Crippen LogP contribution in [0, 0.1) is 11.3 Å². The summed E-state index contributed by atoms with van der Waals surface area (Å²) < 4.78 is 5.72. The molecule has 5 nitrogen and oxygen atoms in total. The van der Waals surface area contributed by atoms with E-state index in [0.29, 0.717) is 21.7 Å². The third kappa shape index (κ3) is 2.85. The molecule has 1 N–H and O–H groups in total. The van der Waals surface area contributed by atoms with Gasteiger partial charge in [-0.3, -0.25) is 4.79 Å². The molecule has 1 aromatic heterocycles. The largest absolute Gasteiger partial charge is 0.465 e. The number of ether oxygens (including phenoxy) is 1. The summed E-state index contributed by atoms with van der Waals surface area (Å²) in [5, 5.41) is 12.8. The Kier molecular flexibility index (Phi) is 4.27. The summed E-state index contributed by atoms with van der Waals surface area (Å²) in [6.07, 6.45) is 0. The maximum atomic E-state index is 12.4. The van der Waals surface area contributed by atoms with Gasteiger partial charge in [0, 0.05) is 15.6 Å². The van der Waals surface area contributed by atoms with Gasteiger partial charge in [-0.25, -0.2) is 4.79 Å². The third-order valence-electron chi connectivity index (χ3n) is 3.49. The van der Waals surface area contributed by atoms with E-state index < -0.39 is 5.97 Å². The van der Waals surface area contributed by atoms with Gasteiger partial charge in [0.25, 0.3) is 5.91 Å². The predicted molar refractivity (Wildman–Crippen MR) is 92.3 cm³/mol. The number of thiophene rings is 1. The second kappa shape index (κ2) is 6.52. The lowest BCUT2D eigenvalue weighted by Gasteiger charge is -2.06. The molecule has 3 aromatic rings. The predicted octanol–water partition coefficient (Wildman–Crippen LogP) is 3.81. The summed E-state index contributed by atoms with van der Waals surface area (Å²) >= 11 is 1.31. The fourth-order valence-corrected chi connectivity index (χ4v) is 3.40. The Hall–Kier alpha value is -3.17. The van der Waals surface area contributed by atoms with E-state index in [-0.39, 0.29) is 5.91 Å². The lowest BCUT2D eigenvalue weighted by Crippen LogP contribution is -2.13. The zero-order chi connectivity index (χ0) is 17.1. The van der Waals surface area contributed by atoms with Crippen LogP contribution in [0.2, 0.25) is 0 Å². The number of hydrogen-bond donors (Lipinski definition) is 1. The van der Waals surface area contributed by atoms with Gasteiger partial charge in [-0.1, -0.05) is 18.2 Å². The molecular weight excluding hydrogens is 324 g/mol. The number of amides is 1. The average molecular weight is 336 g/mol. The molecule has 0 saturated heterocycles. The van der Waals surface area contributed by atoms with Crippen LogP contribution in [-0.2, 0) is 4.74 Å². The Labute approximate surface area is 142 Å². The van der Waals surface area contributed by atoms with Crippen molar-refractivity contribution >= 4 is 38.3 Å². The number of rotatable bonds is 3. The molecular formula is C18H12N2O3S. The van der Waals surface area contributed by atoms with Gasteiger partial charge < -0.3 is 10.1 Å². The van der Waals surface area contributed by atoms with Crippen molar-refractivity contribution in [3.8, 4) is 6.07 Å². The smallest absolute Gasteiger partial charge is 0.341 e. The zero-order valence-electron chi connectivity index (χ0n) is 12.7. The Morgan fingerprint density at radius 2 is 1.83 bits per heavy atom. The standard InChI is InChI=1S/C18H12N2O3S/c1-23-18(22)15-13-4-2-3-5-14(13)24-17(15)20-16(21)12-8-6-11(10-19)7-9-12/h2-9H,1H3,(H,20,21). The summed E-state index contributed by atoms with van der Waals surface area (Å²) in [6.45, 7) is 0. The van der Waals surface area contributed by atoms with Gasteiger partial charge in [0.05, 0.1) is 18.7 Å². The maximum absolute atomic E-state index is 12.4. The minimum absolute atomic E-state index is 0.347. The summed E-state index contributed by atoms with van der Waals surface area (Å²) in [7, 11) is 1.31. The summed E-state index contributed by atoms with van der Waals surface area (Å²) in [4.78, 5) is 24.5. The van der Waals surface area contributed by atoms with Gasteiger partial charge in [0.15, 0.2) is 0 Å². The number of nitriles is 1. The van der Waals surface area contributed by atoms with Crippen LogP contribution in [0.15, 0.2) is 48.5 Å². The number of carbonyl (C=O) groups is 2. The normalized spacial score (nSPS) is 10.2. The van der Waals surface area contributed by atoms with Gasteiger partial charge >= 0.3 is 5.97 Å². The van der Waals surface area contributed by atoms with Crippen LogP contribution in [0.4, 0.5) is 5.00 Å². The van der Waals surface area contributed by atoms with E-state index in [0.717, 1.165) is 10.1 Å². The number of methoxy groups -OCH3 is 1. The van der Waals surface area contributed by atoms with E-state index >= 15 is 0 Å². The van der Waals surface area contributed by atoms with Crippen LogP contribution in [0.25, 0.3) is 10.1 Å². The Morgan fingerprint density at radius 1 is 1.12 bits per heavy atom. The molecule has 6 heteroatoms. The highest BCUT2D eigenvalue weighted by Gasteiger charge is 2.21. The van der Waals surface area contributed by atoms with E-state index in [2.05, 4.69) is 5.32 Å². The third-order valence-corrected chi connectivity index (χ3v) is 4.57. The van der Waals surface area contributed by atoms with Crippen molar-refractivity contribution in [2.45, 2.75) is 0 Å². The van der Waals surface area contributed by atoms with Gasteiger partial charge in [-0.2, -0.15) is 5.26 Å². The molecule has 0 spiro atoms. The van der Waals surface area contributed by atoms with Gasteiger partial charge in [-0.15, -0.1) is 11.3 Å². The minimum Gasteiger partial charge on any atom is -0.465 e. The van der Waals surface area contributed by atoms with Crippen LogP contribution in [0.5, 0.6) is 0 Å². The van der Waals surface area contributed by atoms with Crippen molar-refractivity contribution in [3.05, 3.63) is 65.2 Å². The molecule has 1 amide bonds. The van der Waals surface area contributed by atoms with Crippen molar-refractivity contribution in [2.24, 2.45) is 0 Å². The average Bonchev–Trinajstić information content (AvgIpc) is 2.98. The first kappa shape index (κ1) is 15.7. The number of hydrogen-bond acceptors (Lipinski definition) is 5. The quantitative estimate of drug-likeness (QED) is 0.738. The van der Waals surface area contributed by atoms with E-state index in [1.807, 2.05) is 30.3 Å². The molecule has 0 saturated carbocycles. The fraction of sp³-hybridized carbons (Fsp3) is 0.0556. The van der Waals surface area contributed by atoms with E-state index in [9.17, 15) is 9.59 Å². The Morgan fingerprint density at radius 3 is 2.50 bits per heavy atom. The topological polar surface area (TPSA) is 79.2 Å². The SMILES string of the molecule is COC(=O)c1c(NC(=O)c2ccc(C#N)cc2)sc2ccccc12. The molecule has 1 heterocycles. The van der Waals surface area contributed by atoms with Crippen LogP contribution in [0.1, 0.15) is 26.3 Å². The number of nitrogens with one attached hydrogen (secondary N) is 1. The van der Waals surface area contributed by atoms with Crippen LogP contribution in [0.3, 0.4) is 0 Å². The number of fused-ring (bicyclic) bond motifs is 1. The highest BCUT2D eigenvalue weighted by molar-refractivity contribution is 7.23. The molecule has 0 bridgehead atoms. The molecule has 0 fully saturated rings. The molecule has 0 radical (unpaired) electrons. The summed E-state index contributed by atoms with van der Waals surface area (Å²) in [5.41, 5.74) is 1.23. The highest BCUT2D eigenvalue weighted by Crippen LogP contribution is 2.36. The molecule has 0 unspecified atom stereocenters. The summed E-state index contributed by atoms with van der Waals surface area (Å²) in [5.74, 6) is -0.848. The molecule has 118 valence electrons. The first-order valence-electron chi connectivity index (χ1n) is 7.05. The van der Waals surface area contributed by atoms with E-state index in [1.165, 1.54) is 18.4 Å². The first-order chi connectivity index (χ1) is 11.6. The molecule has 0 aliphatic heterocycles. The van der Waals surface area contributed by atoms with Crippen molar-refractivity contribution in [2.75, 3.05) is 12.4 Å². The Balaban J connectivity index is 1.98. The van der Waals surface area contributed by atoms with Crippen LogP contribution >= 0.6 is 11.3 Å². The van der Waals surface area contributed by atoms with Crippen LogP contribution < -0.4 is 5.32 Å². The second-order valence-corrected chi connectivity index (χ2v) is 5.99. The van der Waals surface area contributed by atoms with Crippen molar-refractivity contribution < 1.29 is 14.3 Å². The monoisotopic (exact) mass is 336 g/mol. The number of anilines is 1. The molecule has 0 atom stereocenters. The number of esters is 1. The van der Waals surface area contributed by atoms with Gasteiger partial charge in [-0.05, 0) is 30.3 Å². The van der Waals surface area contributed by atoms with Crippen molar-refractivity contribution in [3.63, 3.8) is 0 Å². The second-order valence-electron chi connectivity index (χ2n) is 4.94. The van der Waals surface area contributed by atoms with Crippen molar-refractivity contribution in [1.82, 2.24) is 0 Å². The van der Waals surface area contributed by atoms with Gasteiger partial charge in [0.1, 0.15) is 10.6 Å². The fourth-order valence-electron chi connectivity index (χ4n) is 2.31. The lowest BCUT2D eigenvalue weighted by atomic mass is 10.1. The van der Waals surface area contributed by atoms with Gasteiger partial charge in [0.2, 0.25) is 0 Å². The highest BCUT2D eigenvalue weighted by atomic mass is 32.1. The molecule has 0 aliphatic rings. The maximum Gasteiger partial charge on any atom is 0.341 e. The molecule has 24 heavy (non-hydrogen) atoms. The minimum atomic E-state index is -0.498. The van der Waals surface area contributed by atoms with E-state index in [1.54, 1.807) is 24.3 Å². The number of carbonyl (C=O) groups excluding carboxylic acids is 2. The number of benzene rings is 2. The van der Waals surface area contributed by atoms with Crippen molar-refractivity contribution in [1.29, 1.82) is 5.26 Å². The van der Waals surface area contributed by atoms with E-state index in [4.69, 9.17) is 10.00 Å². The Bertz CT molecular complexity index is 968. The molecule has 3 rings (SSSR count). The first-order valence-corrected chi connectivity index (χ1v) is 7.87. The molecule has 2 aromatic carbocycles. The summed E-state index contributed by atoms with van der Waals surface area (Å²) in [6, 6.07) is 15.7.